The number of thiophene rings is 1. The van der Waals surface area contributed by atoms with Crippen LogP contribution in [0.1, 0.15) is 0 Å². The number of rotatable bonds is 6. The molecule has 1 amide bonds. The van der Waals surface area contributed by atoms with E-state index in [-0.39, 0.29) is 12.3 Å². The summed E-state index contributed by atoms with van der Waals surface area (Å²) in [5.41, 5.74) is 0.571. The number of anilines is 1. The standard InChI is InChI=1S/C15H9Cl2N3O4S2/c16-8-1-2-12(10(17)3-8)24-5-14(21)19-15-18-11(7-26-15)13-4-9(6-25-13)20(22)23/h1-4,6-7H,5H2,(H,18,19,21). The van der Waals surface area contributed by atoms with Crippen molar-refractivity contribution in [1.82, 2.24) is 4.98 Å². The largest absolute Gasteiger partial charge is 0.482 e. The summed E-state index contributed by atoms with van der Waals surface area (Å²) in [5, 5.41) is 17.6. The Morgan fingerprint density at radius 1 is 1.27 bits per heavy atom. The number of hydrogen-bond acceptors (Lipinski definition) is 7. The Kier molecular flexibility index (Phi) is 5.72. The summed E-state index contributed by atoms with van der Waals surface area (Å²) in [6, 6.07) is 6.14. The van der Waals surface area contributed by atoms with E-state index in [9.17, 15) is 14.9 Å². The average molecular weight is 430 g/mol. The summed E-state index contributed by atoms with van der Waals surface area (Å²) >= 11 is 14.2. The van der Waals surface area contributed by atoms with Crippen molar-refractivity contribution in [3.8, 4) is 16.3 Å². The molecule has 0 spiro atoms. The van der Waals surface area contributed by atoms with E-state index in [0.717, 1.165) is 0 Å². The summed E-state index contributed by atoms with van der Waals surface area (Å²) < 4.78 is 5.35. The predicted molar refractivity (Wildman–Crippen MR) is 103 cm³/mol. The van der Waals surface area contributed by atoms with Crippen molar-refractivity contribution in [3.05, 3.63) is 55.2 Å². The molecule has 11 heteroatoms. The predicted octanol–water partition coefficient (Wildman–Crippen LogP) is 5.10. The highest BCUT2D eigenvalue weighted by Gasteiger charge is 2.14. The minimum absolute atomic E-state index is 0.0110. The van der Waals surface area contributed by atoms with Gasteiger partial charge in [0.25, 0.3) is 11.6 Å². The molecule has 3 aromatic rings. The molecule has 1 aromatic carbocycles. The molecule has 0 aliphatic heterocycles. The molecule has 134 valence electrons. The molecule has 26 heavy (non-hydrogen) atoms. The molecule has 7 nitrogen and oxygen atoms in total. The first-order valence-electron chi connectivity index (χ1n) is 6.99. The van der Waals surface area contributed by atoms with Gasteiger partial charge in [-0.05, 0) is 18.2 Å². The zero-order valence-electron chi connectivity index (χ0n) is 12.8. The van der Waals surface area contributed by atoms with Gasteiger partial charge in [0, 0.05) is 16.5 Å². The average Bonchev–Trinajstić information content (AvgIpc) is 3.23. The molecule has 3 rings (SSSR count). The quantitative estimate of drug-likeness (QED) is 0.434. The lowest BCUT2D eigenvalue weighted by Gasteiger charge is -2.07. The van der Waals surface area contributed by atoms with Crippen molar-refractivity contribution in [3.63, 3.8) is 0 Å². The topological polar surface area (TPSA) is 94.4 Å². The number of amides is 1. The van der Waals surface area contributed by atoms with Crippen LogP contribution < -0.4 is 10.1 Å². The fourth-order valence-corrected chi connectivity index (χ4v) is 3.97. The minimum Gasteiger partial charge on any atom is -0.482 e. The zero-order chi connectivity index (χ0) is 18.7. The Balaban J connectivity index is 1.59. The fourth-order valence-electron chi connectivity index (χ4n) is 1.89. The number of hydrogen-bond donors (Lipinski definition) is 1. The van der Waals surface area contributed by atoms with Gasteiger partial charge in [-0.1, -0.05) is 23.2 Å². The molecule has 0 saturated carbocycles. The molecule has 0 unspecified atom stereocenters. The molecule has 0 fully saturated rings. The highest BCUT2D eigenvalue weighted by Crippen LogP contribution is 2.33. The van der Waals surface area contributed by atoms with Gasteiger partial charge in [0.2, 0.25) is 0 Å². The first kappa shape index (κ1) is 18.6. The Labute approximate surface area is 165 Å². The van der Waals surface area contributed by atoms with Crippen LogP contribution in [0.2, 0.25) is 10.0 Å². The van der Waals surface area contributed by atoms with Gasteiger partial charge < -0.3 is 4.74 Å². The van der Waals surface area contributed by atoms with Crippen LogP contribution in [0.3, 0.4) is 0 Å². The highest BCUT2D eigenvalue weighted by molar-refractivity contribution is 7.16. The number of aromatic nitrogens is 1. The van der Waals surface area contributed by atoms with E-state index in [4.69, 9.17) is 27.9 Å². The lowest BCUT2D eigenvalue weighted by Crippen LogP contribution is -2.20. The first-order chi connectivity index (χ1) is 12.4. The maximum absolute atomic E-state index is 12.0. The molecule has 2 heterocycles. The second-order valence-electron chi connectivity index (χ2n) is 4.88. The van der Waals surface area contributed by atoms with Gasteiger partial charge >= 0.3 is 0 Å². The van der Waals surface area contributed by atoms with Crippen LogP contribution in [0.15, 0.2) is 35.0 Å². The number of nitro groups is 1. The number of benzene rings is 1. The smallest absolute Gasteiger partial charge is 0.280 e. The van der Waals surface area contributed by atoms with E-state index in [0.29, 0.717) is 31.5 Å². The van der Waals surface area contributed by atoms with Crippen molar-refractivity contribution in [2.24, 2.45) is 0 Å². The molecule has 1 N–H and O–H groups in total. The third-order valence-corrected chi connectivity index (χ3v) is 5.28. The van der Waals surface area contributed by atoms with Gasteiger partial charge in [0.15, 0.2) is 11.7 Å². The number of carbonyl (C=O) groups excluding carboxylic acids is 1. The molecule has 0 saturated heterocycles. The number of carbonyl (C=O) groups is 1. The Bertz CT molecular complexity index is 973. The SMILES string of the molecule is O=C(COc1ccc(Cl)cc1Cl)Nc1nc(-c2cc([N+](=O)[O-])cs2)cs1. The third kappa shape index (κ3) is 4.50. The molecular formula is C15H9Cl2N3O4S2. The monoisotopic (exact) mass is 429 g/mol. The molecule has 0 radical (unpaired) electrons. The number of nitrogens with zero attached hydrogens (tertiary/aromatic N) is 2. The van der Waals surface area contributed by atoms with Gasteiger partial charge in [0.05, 0.1) is 25.9 Å². The number of ether oxygens (including phenoxy) is 1. The Morgan fingerprint density at radius 2 is 2.08 bits per heavy atom. The summed E-state index contributed by atoms with van der Waals surface area (Å²) in [5.74, 6) is -0.0639. The second kappa shape index (κ2) is 8.00. The van der Waals surface area contributed by atoms with E-state index < -0.39 is 10.8 Å². The lowest BCUT2D eigenvalue weighted by atomic mass is 10.3. The lowest BCUT2D eigenvalue weighted by molar-refractivity contribution is -0.384. The van der Waals surface area contributed by atoms with Crippen LogP contribution in [-0.2, 0) is 4.79 Å². The van der Waals surface area contributed by atoms with E-state index >= 15 is 0 Å². The number of nitrogens with one attached hydrogen (secondary N) is 1. The van der Waals surface area contributed by atoms with Crippen molar-refractivity contribution >= 4 is 62.6 Å². The maximum atomic E-state index is 12.0. The summed E-state index contributed by atoms with van der Waals surface area (Å²) in [6.45, 7) is -0.249. The molecule has 2 aromatic heterocycles. The van der Waals surface area contributed by atoms with Gasteiger partial charge in [-0.15, -0.1) is 22.7 Å². The van der Waals surface area contributed by atoms with Gasteiger partial charge in [-0.2, -0.15) is 0 Å². The Hall–Kier alpha value is -2.20. The van der Waals surface area contributed by atoms with E-state index in [2.05, 4.69) is 10.3 Å². The van der Waals surface area contributed by atoms with Crippen molar-refractivity contribution in [2.45, 2.75) is 0 Å². The molecular weight excluding hydrogens is 421 g/mol. The first-order valence-corrected chi connectivity index (χ1v) is 9.50. The van der Waals surface area contributed by atoms with Gasteiger partial charge in [-0.3, -0.25) is 20.2 Å². The van der Waals surface area contributed by atoms with Crippen LogP contribution in [0.4, 0.5) is 10.8 Å². The third-order valence-electron chi connectivity index (χ3n) is 3.05. The van der Waals surface area contributed by atoms with Crippen LogP contribution in [0.5, 0.6) is 5.75 Å². The van der Waals surface area contributed by atoms with Crippen LogP contribution in [0.25, 0.3) is 10.6 Å². The van der Waals surface area contributed by atoms with Crippen molar-refractivity contribution < 1.29 is 14.5 Å². The zero-order valence-corrected chi connectivity index (χ0v) is 15.9. The summed E-state index contributed by atoms with van der Waals surface area (Å²) in [4.78, 5) is 27.2. The molecule has 0 bridgehead atoms. The Morgan fingerprint density at radius 3 is 2.77 bits per heavy atom. The van der Waals surface area contributed by atoms with Crippen LogP contribution in [-0.4, -0.2) is 22.4 Å². The summed E-state index contributed by atoms with van der Waals surface area (Å²) in [7, 11) is 0. The van der Waals surface area contributed by atoms with Gasteiger partial charge in [0.1, 0.15) is 5.75 Å². The van der Waals surface area contributed by atoms with E-state index in [1.54, 1.807) is 17.5 Å². The van der Waals surface area contributed by atoms with Crippen LogP contribution in [0, 0.1) is 10.1 Å². The van der Waals surface area contributed by atoms with Gasteiger partial charge in [-0.25, -0.2) is 4.98 Å². The fraction of sp³-hybridized carbons (Fsp3) is 0.0667. The normalized spacial score (nSPS) is 10.5. The molecule has 0 atom stereocenters. The summed E-state index contributed by atoms with van der Waals surface area (Å²) in [6.07, 6.45) is 0. The van der Waals surface area contributed by atoms with Crippen molar-refractivity contribution in [2.75, 3.05) is 11.9 Å². The van der Waals surface area contributed by atoms with E-state index in [1.165, 1.54) is 40.2 Å². The van der Waals surface area contributed by atoms with Crippen molar-refractivity contribution in [1.29, 1.82) is 0 Å². The minimum atomic E-state index is -0.464. The maximum Gasteiger partial charge on any atom is 0.280 e. The van der Waals surface area contributed by atoms with E-state index in [1.807, 2.05) is 0 Å². The highest BCUT2D eigenvalue weighted by atomic mass is 35.5. The van der Waals surface area contributed by atoms with Crippen LogP contribution >= 0.6 is 45.9 Å². The second-order valence-corrected chi connectivity index (χ2v) is 7.49. The molecule has 0 aliphatic carbocycles. The number of thiazole rings is 1. The molecule has 0 aliphatic rings. The number of halogens is 2.